The van der Waals surface area contributed by atoms with Crippen molar-refractivity contribution < 1.29 is 18.3 Å². The van der Waals surface area contributed by atoms with Crippen LogP contribution in [0.15, 0.2) is 59.5 Å². The second-order valence-corrected chi connectivity index (χ2v) is 6.32. The van der Waals surface area contributed by atoms with Crippen molar-refractivity contribution in [3.63, 3.8) is 0 Å². The molecule has 0 saturated heterocycles. The number of esters is 1. The molecule has 2 aromatic carbocycles. The molecule has 0 aromatic heterocycles. The zero-order chi connectivity index (χ0) is 16.9. The minimum Gasteiger partial charge on any atom is -0.462 e. The number of thioether (sulfide) groups is 1. The lowest BCUT2D eigenvalue weighted by molar-refractivity contribution is -0.171. The van der Waals surface area contributed by atoms with Crippen LogP contribution in [0.1, 0.15) is 17.7 Å². The summed E-state index contributed by atoms with van der Waals surface area (Å²) in [4.78, 5) is 12.3. The second-order valence-electron chi connectivity index (χ2n) is 4.71. The van der Waals surface area contributed by atoms with Gasteiger partial charge in [-0.3, -0.25) is 0 Å². The zero-order valence-corrected chi connectivity index (χ0v) is 13.9. The molecule has 1 unspecified atom stereocenters. The Morgan fingerprint density at radius 2 is 1.78 bits per heavy atom. The van der Waals surface area contributed by atoms with Crippen LogP contribution >= 0.6 is 23.4 Å². The molecule has 0 saturated carbocycles. The van der Waals surface area contributed by atoms with Crippen molar-refractivity contribution in [3.05, 3.63) is 65.2 Å². The Labute approximate surface area is 142 Å². The molecule has 6 heteroatoms. The van der Waals surface area contributed by atoms with Gasteiger partial charge in [0, 0.05) is 9.92 Å². The van der Waals surface area contributed by atoms with E-state index in [0.717, 1.165) is 11.8 Å². The quantitative estimate of drug-likeness (QED) is 0.514. The number of halogens is 3. The van der Waals surface area contributed by atoms with E-state index in [0.29, 0.717) is 15.5 Å². The van der Waals surface area contributed by atoms with Crippen molar-refractivity contribution >= 4 is 29.3 Å². The number of hydrogen-bond acceptors (Lipinski definition) is 3. The van der Waals surface area contributed by atoms with Crippen LogP contribution in [0.3, 0.4) is 0 Å². The summed E-state index contributed by atoms with van der Waals surface area (Å²) in [6, 6.07) is 14.7. The lowest BCUT2D eigenvalue weighted by atomic mass is 10.1. The van der Waals surface area contributed by atoms with Gasteiger partial charge in [0.05, 0.1) is 6.61 Å². The highest BCUT2D eigenvalue weighted by atomic mass is 35.5. The van der Waals surface area contributed by atoms with E-state index in [1.165, 1.54) is 6.92 Å². The Balaban J connectivity index is 2.36. The third-order valence-corrected chi connectivity index (χ3v) is 4.65. The first-order valence-electron chi connectivity index (χ1n) is 6.97. The molecule has 0 radical (unpaired) electrons. The standard InChI is InChI=1S/C17H15ClF2O2S/c1-2-22-16(21)17(19,20)15(12-6-4-3-5-7-12)23-14-10-8-13(18)9-11-14/h3-11,15H,2H2,1H3. The lowest BCUT2D eigenvalue weighted by Crippen LogP contribution is -2.36. The average molecular weight is 357 g/mol. The summed E-state index contributed by atoms with van der Waals surface area (Å²) < 4.78 is 33.7. The summed E-state index contributed by atoms with van der Waals surface area (Å²) in [6.07, 6.45) is 0. The lowest BCUT2D eigenvalue weighted by Gasteiger charge is -2.25. The Kier molecular flexibility index (Phi) is 6.02. The number of alkyl halides is 2. The molecule has 2 rings (SSSR count). The predicted molar refractivity (Wildman–Crippen MR) is 88.1 cm³/mol. The van der Waals surface area contributed by atoms with Gasteiger partial charge in [-0.2, -0.15) is 8.78 Å². The normalized spacial score (nSPS) is 12.7. The average Bonchev–Trinajstić information content (AvgIpc) is 2.55. The van der Waals surface area contributed by atoms with Crippen LogP contribution in [0.5, 0.6) is 0 Å². The van der Waals surface area contributed by atoms with Crippen LogP contribution in [0.25, 0.3) is 0 Å². The largest absolute Gasteiger partial charge is 0.462 e. The molecular formula is C17H15ClF2O2S. The third kappa shape index (κ3) is 4.45. The van der Waals surface area contributed by atoms with Crippen molar-refractivity contribution in [2.75, 3.05) is 6.61 Å². The maximum atomic E-state index is 14.6. The summed E-state index contributed by atoms with van der Waals surface area (Å²) in [7, 11) is 0. The molecule has 122 valence electrons. The number of carbonyl (C=O) groups excluding carboxylic acids is 1. The van der Waals surface area contributed by atoms with Gasteiger partial charge in [0.15, 0.2) is 0 Å². The molecule has 0 aliphatic carbocycles. The van der Waals surface area contributed by atoms with E-state index in [4.69, 9.17) is 11.6 Å². The molecule has 0 spiro atoms. The molecule has 0 heterocycles. The Bertz CT molecular complexity index is 647. The van der Waals surface area contributed by atoms with Gasteiger partial charge in [0.25, 0.3) is 0 Å². The third-order valence-electron chi connectivity index (χ3n) is 3.05. The number of hydrogen-bond donors (Lipinski definition) is 0. The predicted octanol–water partition coefficient (Wildman–Crippen LogP) is 5.37. The first-order chi connectivity index (χ1) is 10.9. The van der Waals surface area contributed by atoms with E-state index in [1.807, 2.05) is 0 Å². The van der Waals surface area contributed by atoms with Crippen LogP contribution in [0.2, 0.25) is 5.02 Å². The van der Waals surface area contributed by atoms with E-state index in [2.05, 4.69) is 4.74 Å². The topological polar surface area (TPSA) is 26.3 Å². The summed E-state index contributed by atoms with van der Waals surface area (Å²) in [5.74, 6) is -5.17. The molecule has 2 aromatic rings. The molecule has 0 N–H and O–H groups in total. The Morgan fingerprint density at radius 3 is 2.35 bits per heavy atom. The van der Waals surface area contributed by atoms with Crippen molar-refractivity contribution in [3.8, 4) is 0 Å². The van der Waals surface area contributed by atoms with Gasteiger partial charge in [-0.05, 0) is 36.8 Å². The highest BCUT2D eigenvalue weighted by Gasteiger charge is 2.50. The number of ether oxygens (including phenoxy) is 1. The smallest absolute Gasteiger partial charge is 0.378 e. The first-order valence-corrected chi connectivity index (χ1v) is 8.23. The first kappa shape index (κ1) is 17.8. The van der Waals surface area contributed by atoms with Gasteiger partial charge in [0.2, 0.25) is 0 Å². The van der Waals surface area contributed by atoms with Gasteiger partial charge < -0.3 is 4.74 Å². The van der Waals surface area contributed by atoms with Crippen LogP contribution in [0.4, 0.5) is 8.78 Å². The minimum absolute atomic E-state index is 0.0957. The number of carbonyl (C=O) groups is 1. The van der Waals surface area contributed by atoms with E-state index in [-0.39, 0.29) is 6.61 Å². The number of benzene rings is 2. The van der Waals surface area contributed by atoms with E-state index < -0.39 is 17.1 Å². The molecule has 2 nitrogen and oxygen atoms in total. The highest BCUT2D eigenvalue weighted by Crippen LogP contribution is 2.46. The summed E-state index contributed by atoms with van der Waals surface area (Å²) in [5.41, 5.74) is 0.352. The van der Waals surface area contributed by atoms with Crippen molar-refractivity contribution in [1.29, 1.82) is 0 Å². The molecule has 0 amide bonds. The molecule has 1 atom stereocenters. The van der Waals surface area contributed by atoms with Crippen LogP contribution in [-0.2, 0) is 9.53 Å². The van der Waals surface area contributed by atoms with Gasteiger partial charge in [0.1, 0.15) is 5.25 Å². The second kappa shape index (κ2) is 7.79. The molecule has 0 aliphatic rings. The van der Waals surface area contributed by atoms with Crippen LogP contribution in [-0.4, -0.2) is 18.5 Å². The van der Waals surface area contributed by atoms with Gasteiger partial charge in [-0.1, -0.05) is 41.9 Å². The van der Waals surface area contributed by atoms with Crippen LogP contribution in [0, 0.1) is 0 Å². The van der Waals surface area contributed by atoms with Crippen molar-refractivity contribution in [2.45, 2.75) is 23.0 Å². The monoisotopic (exact) mass is 356 g/mol. The molecular weight excluding hydrogens is 342 g/mol. The fraction of sp³-hybridized carbons (Fsp3) is 0.235. The Hall–Kier alpha value is -1.59. The maximum Gasteiger partial charge on any atom is 0.378 e. The molecule has 0 bridgehead atoms. The molecule has 0 aliphatic heterocycles. The summed E-state index contributed by atoms with van der Waals surface area (Å²) in [6.45, 7) is 1.40. The van der Waals surface area contributed by atoms with E-state index >= 15 is 0 Å². The fourth-order valence-corrected chi connectivity index (χ4v) is 3.19. The molecule has 0 fully saturated rings. The van der Waals surface area contributed by atoms with Gasteiger partial charge in [-0.25, -0.2) is 4.79 Å². The maximum absolute atomic E-state index is 14.6. The zero-order valence-electron chi connectivity index (χ0n) is 12.3. The van der Waals surface area contributed by atoms with Crippen molar-refractivity contribution in [1.82, 2.24) is 0 Å². The van der Waals surface area contributed by atoms with Crippen LogP contribution < -0.4 is 0 Å². The number of rotatable bonds is 6. The van der Waals surface area contributed by atoms with Gasteiger partial charge >= 0.3 is 11.9 Å². The highest BCUT2D eigenvalue weighted by molar-refractivity contribution is 7.99. The van der Waals surface area contributed by atoms with Crippen molar-refractivity contribution in [2.24, 2.45) is 0 Å². The summed E-state index contributed by atoms with van der Waals surface area (Å²) in [5, 5.41) is -0.869. The Morgan fingerprint density at radius 1 is 1.17 bits per heavy atom. The minimum atomic E-state index is -3.65. The van der Waals surface area contributed by atoms with Gasteiger partial charge in [-0.15, -0.1) is 11.8 Å². The van der Waals surface area contributed by atoms with E-state index in [9.17, 15) is 13.6 Å². The van der Waals surface area contributed by atoms with E-state index in [1.54, 1.807) is 54.6 Å². The summed E-state index contributed by atoms with van der Waals surface area (Å²) >= 11 is 6.72. The SMILES string of the molecule is CCOC(=O)C(F)(F)C(Sc1ccc(Cl)cc1)c1ccccc1. The molecule has 23 heavy (non-hydrogen) atoms. The fourth-order valence-electron chi connectivity index (χ4n) is 1.96.